The predicted molar refractivity (Wildman–Crippen MR) is 260 cm³/mol. The minimum Gasteiger partial charge on any atom is -0.657 e. The molecule has 7 rings (SSSR count). The summed E-state index contributed by atoms with van der Waals surface area (Å²) in [5.41, 5.74) is 14.5. The monoisotopic (exact) mass is 888 g/mol. The molecule has 0 fully saturated rings. The van der Waals surface area contributed by atoms with Crippen LogP contribution in [-0.2, 0) is 32.3 Å². The van der Waals surface area contributed by atoms with Crippen LogP contribution < -0.4 is 9.97 Å². The summed E-state index contributed by atoms with van der Waals surface area (Å²) in [6, 6.07) is 24.0. The van der Waals surface area contributed by atoms with Gasteiger partial charge in [0.15, 0.2) is 0 Å². The normalized spacial score (nSPS) is 11.8. The zero-order valence-corrected chi connectivity index (χ0v) is 40.8. The molecule has 0 N–H and O–H groups in total. The van der Waals surface area contributed by atoms with Crippen molar-refractivity contribution in [3.05, 3.63) is 118 Å². The van der Waals surface area contributed by atoms with Gasteiger partial charge in [0.1, 0.15) is 12.6 Å². The molecule has 6 nitrogen and oxygen atoms in total. The van der Waals surface area contributed by atoms with Crippen molar-refractivity contribution >= 4 is 58.9 Å². The van der Waals surface area contributed by atoms with Gasteiger partial charge in [-0.25, -0.2) is 9.97 Å². The predicted octanol–water partition coefficient (Wildman–Crippen LogP) is 15.0. The second-order valence-corrected chi connectivity index (χ2v) is 17.2. The molecule has 322 valence electrons. The third-order valence-corrected chi connectivity index (χ3v) is 12.6. The molecule has 2 aliphatic heterocycles. The summed E-state index contributed by atoms with van der Waals surface area (Å²) in [4.78, 5) is 45.0. The largest absolute Gasteiger partial charge is 2.00 e. The number of unbranched alkanes of at least 4 members (excludes halogenated alkanes) is 16. The van der Waals surface area contributed by atoms with Gasteiger partial charge < -0.3 is 9.97 Å². The SMILES string of the molecule is CCCCCCCCCCCc1c2nc(c(-c3ccc(C=O)cc3)c3ccc([n-]3)c(CCCCCCCCCCC)c3nc(c(-c4ccc(C=O)cc4)c4ccc1[n-]4)C=C3)C=C2.[Zn+2]. The van der Waals surface area contributed by atoms with Gasteiger partial charge in [-0.15, -0.1) is 22.1 Å². The summed E-state index contributed by atoms with van der Waals surface area (Å²) < 4.78 is 0. The van der Waals surface area contributed by atoms with Gasteiger partial charge in [0.2, 0.25) is 0 Å². The number of hydrogen-bond donors (Lipinski definition) is 0. The van der Waals surface area contributed by atoms with Gasteiger partial charge >= 0.3 is 19.5 Å². The summed E-state index contributed by atoms with van der Waals surface area (Å²) in [6.45, 7) is 4.54. The zero-order chi connectivity index (χ0) is 42.9. The quantitative estimate of drug-likeness (QED) is 0.0341. The number of aldehydes is 2. The van der Waals surface area contributed by atoms with E-state index < -0.39 is 0 Å². The average Bonchev–Trinajstić information content (AvgIpc) is 4.16. The summed E-state index contributed by atoms with van der Waals surface area (Å²) >= 11 is 0. The number of rotatable bonds is 24. The van der Waals surface area contributed by atoms with Gasteiger partial charge in [0, 0.05) is 11.1 Å². The Morgan fingerprint density at radius 1 is 0.397 bits per heavy atom. The Morgan fingerprint density at radius 2 is 0.714 bits per heavy atom. The third-order valence-electron chi connectivity index (χ3n) is 12.6. The van der Waals surface area contributed by atoms with Gasteiger partial charge in [-0.1, -0.05) is 189 Å². The van der Waals surface area contributed by atoms with E-state index in [2.05, 4.69) is 62.4 Å². The van der Waals surface area contributed by atoms with E-state index in [-0.39, 0.29) is 19.5 Å². The van der Waals surface area contributed by atoms with Crippen molar-refractivity contribution in [3.63, 3.8) is 0 Å². The molecule has 0 aliphatic carbocycles. The van der Waals surface area contributed by atoms with E-state index in [1.165, 1.54) is 89.9 Å². The molecule has 0 radical (unpaired) electrons. The van der Waals surface area contributed by atoms with Crippen molar-refractivity contribution in [1.29, 1.82) is 0 Å². The molecule has 2 aliphatic rings. The number of carbonyl (C=O) groups excluding carboxylic acids is 2. The van der Waals surface area contributed by atoms with Crippen LogP contribution in [0.15, 0.2) is 72.8 Å². The Bertz CT molecular complexity index is 2320. The molecular formula is C56H64N4O2Zn. The summed E-state index contributed by atoms with van der Waals surface area (Å²) in [5, 5.41) is 0. The Hall–Kier alpha value is -5.00. The van der Waals surface area contributed by atoms with E-state index in [4.69, 9.17) is 19.9 Å². The third kappa shape index (κ3) is 12.6. The van der Waals surface area contributed by atoms with Gasteiger partial charge in [-0.3, -0.25) is 9.59 Å². The fraction of sp³-hybridized carbons (Fsp3) is 0.393. The second-order valence-electron chi connectivity index (χ2n) is 17.2. The average molecular weight is 891 g/mol. The molecule has 0 unspecified atom stereocenters. The molecule has 2 aromatic carbocycles. The van der Waals surface area contributed by atoms with E-state index in [9.17, 15) is 9.59 Å². The summed E-state index contributed by atoms with van der Waals surface area (Å²) in [6.07, 6.45) is 34.7. The minimum absolute atomic E-state index is 0. The topological polar surface area (TPSA) is 88.1 Å². The Labute approximate surface area is 388 Å². The fourth-order valence-electron chi connectivity index (χ4n) is 8.99. The smallest absolute Gasteiger partial charge is 0.657 e. The van der Waals surface area contributed by atoms with E-state index >= 15 is 0 Å². The van der Waals surface area contributed by atoms with Crippen LogP contribution in [-0.4, -0.2) is 22.5 Å². The minimum atomic E-state index is 0. The van der Waals surface area contributed by atoms with Gasteiger partial charge in [0.05, 0.1) is 22.8 Å². The van der Waals surface area contributed by atoms with Crippen molar-refractivity contribution in [2.75, 3.05) is 0 Å². The van der Waals surface area contributed by atoms with Crippen LogP contribution in [0.4, 0.5) is 0 Å². The first-order valence-electron chi connectivity index (χ1n) is 23.7. The van der Waals surface area contributed by atoms with Crippen molar-refractivity contribution in [1.82, 2.24) is 19.9 Å². The van der Waals surface area contributed by atoms with Crippen molar-refractivity contribution in [2.45, 2.75) is 142 Å². The first-order chi connectivity index (χ1) is 30.6. The van der Waals surface area contributed by atoms with E-state index in [1.807, 2.05) is 48.5 Å². The van der Waals surface area contributed by atoms with Crippen LogP contribution in [0.5, 0.6) is 0 Å². The maximum atomic E-state index is 11.7. The van der Waals surface area contributed by atoms with E-state index in [1.54, 1.807) is 0 Å². The molecule has 0 saturated carbocycles. The Kier molecular flexibility index (Phi) is 18.6. The number of hydrogen-bond acceptors (Lipinski definition) is 4. The van der Waals surface area contributed by atoms with Gasteiger partial charge in [-0.05, 0) is 83.4 Å². The van der Waals surface area contributed by atoms with Crippen LogP contribution in [0.1, 0.15) is 184 Å². The van der Waals surface area contributed by atoms with Gasteiger partial charge in [-0.2, -0.15) is 0 Å². The van der Waals surface area contributed by atoms with Crippen molar-refractivity contribution in [2.24, 2.45) is 0 Å². The molecule has 5 heterocycles. The molecule has 5 aromatic rings. The second kappa shape index (κ2) is 24.7. The maximum Gasteiger partial charge on any atom is 2.00 e. The van der Waals surface area contributed by atoms with Crippen LogP contribution in [0.25, 0.3) is 68.6 Å². The van der Waals surface area contributed by atoms with Crippen LogP contribution in [0.2, 0.25) is 0 Å². The van der Waals surface area contributed by atoms with E-state index in [0.29, 0.717) is 11.1 Å². The number of aryl methyl sites for hydroxylation is 2. The molecule has 7 heteroatoms. The first kappa shape index (κ1) is 47.5. The number of aromatic nitrogens is 4. The van der Waals surface area contributed by atoms with Crippen LogP contribution >= 0.6 is 0 Å². The molecule has 63 heavy (non-hydrogen) atoms. The Morgan fingerprint density at radius 3 is 1.06 bits per heavy atom. The molecular weight excluding hydrogens is 826 g/mol. The van der Waals surface area contributed by atoms with Crippen molar-refractivity contribution < 1.29 is 29.1 Å². The summed E-state index contributed by atoms with van der Waals surface area (Å²) in [7, 11) is 0. The van der Waals surface area contributed by atoms with Crippen molar-refractivity contribution in [3.8, 4) is 22.3 Å². The molecule has 8 bridgehead atoms. The van der Waals surface area contributed by atoms with Crippen LogP contribution in [0, 0.1) is 0 Å². The number of fused-ring (bicyclic) bond motifs is 8. The number of nitrogens with zero attached hydrogens (tertiary/aromatic N) is 4. The van der Waals surface area contributed by atoms with E-state index in [0.717, 1.165) is 129 Å². The van der Waals surface area contributed by atoms with Crippen LogP contribution in [0.3, 0.4) is 0 Å². The Balaban J connectivity index is 0.00000661. The maximum absolute atomic E-state index is 11.7. The molecule has 0 amide bonds. The standard InChI is InChI=1S/C56H65N4O2.Zn/c1-3-5-7-9-11-13-15-17-19-21-45-47-31-35-51(57-47)55(43-27-23-41(39-61)24-28-43)53-37-33-49(59-53)46(22-20-18-16-14-12-10-8-6-4-2)50-34-38-54(60-50)56(52-36-32-48(45)58-52)44-29-25-42(40-62)26-30-44;/h23-40H,3-22H2,1-2H3,(H-,57,58,59,60,61,62);/q-1;+2/p-1. The first-order valence-corrected chi connectivity index (χ1v) is 23.7. The fourth-order valence-corrected chi connectivity index (χ4v) is 8.99. The zero-order valence-electron chi connectivity index (χ0n) is 37.8. The molecule has 3 aromatic heterocycles. The van der Waals surface area contributed by atoms with Gasteiger partial charge in [0.25, 0.3) is 0 Å². The molecule has 0 atom stereocenters. The summed E-state index contributed by atoms with van der Waals surface area (Å²) in [5.74, 6) is 0. The molecule has 0 saturated heterocycles. The molecule has 0 spiro atoms. The number of benzene rings is 2. The number of carbonyl (C=O) groups is 2.